The number of carbonyl (C=O) groups is 2. The van der Waals surface area contributed by atoms with E-state index in [2.05, 4.69) is 85.3 Å². The number of hydrogen-bond donors (Lipinski definition) is 4. The van der Waals surface area contributed by atoms with Crippen LogP contribution in [0.2, 0.25) is 0 Å². The first-order valence-electron chi connectivity index (χ1n) is 19.5. The number of aliphatic hydroxyl groups excluding tert-OH is 4. The molecule has 1 fully saturated rings. The van der Waals surface area contributed by atoms with Crippen LogP contribution in [-0.4, -0.2) is 89.0 Å². The van der Waals surface area contributed by atoms with E-state index in [1.54, 1.807) is 22.1 Å². The second-order valence-corrected chi connectivity index (χ2v) is 13.9. The molecule has 4 N–H and O–H groups in total. The summed E-state index contributed by atoms with van der Waals surface area (Å²) in [4.78, 5) is 28.6. The summed E-state index contributed by atoms with van der Waals surface area (Å²) in [5, 5.41) is 40.0. The zero-order chi connectivity index (χ0) is 41.6. The van der Waals surface area contributed by atoms with Gasteiger partial charge in [-0.2, -0.15) is 0 Å². The highest BCUT2D eigenvalue weighted by Crippen LogP contribution is 2.22. The van der Waals surface area contributed by atoms with Crippen molar-refractivity contribution in [2.75, 3.05) is 19.8 Å². The van der Waals surface area contributed by atoms with Gasteiger partial charge in [-0.1, -0.05) is 117 Å². The van der Waals surface area contributed by atoms with Gasteiger partial charge >= 0.3 is 11.9 Å². The number of aliphatic hydroxyl groups is 4. The van der Waals surface area contributed by atoms with Crippen LogP contribution in [0.1, 0.15) is 103 Å². The van der Waals surface area contributed by atoms with E-state index in [0.717, 1.165) is 64.2 Å². The average molecular weight is 919 g/mol. The Bertz CT molecular complexity index is 1520. The Balaban J connectivity index is 2.46. The molecular weight excluding hydrogens is 860 g/mol. The average Bonchev–Trinajstić information content (AvgIpc) is 3.21. The van der Waals surface area contributed by atoms with Crippen molar-refractivity contribution in [2.45, 2.75) is 140 Å². The van der Waals surface area contributed by atoms with Crippen molar-refractivity contribution in [3.8, 4) is 47.4 Å². The monoisotopic (exact) mass is 916 g/mol. The van der Waals surface area contributed by atoms with E-state index < -0.39 is 55.4 Å². The molecule has 1 aliphatic heterocycles. The van der Waals surface area contributed by atoms with Crippen molar-refractivity contribution >= 4 is 43.8 Å². The van der Waals surface area contributed by atoms with E-state index in [-0.39, 0.29) is 26.1 Å². The maximum absolute atomic E-state index is 12.7. The Hall–Kier alpha value is -3.40. The molecule has 1 heterocycles. The minimum Gasteiger partial charge on any atom is -0.462 e. The molecule has 12 heteroatoms. The minimum absolute atomic E-state index is 0.116. The van der Waals surface area contributed by atoms with Crippen LogP contribution in [0.15, 0.2) is 58.6 Å². The predicted octanol–water partition coefficient (Wildman–Crippen LogP) is 7.00. The summed E-state index contributed by atoms with van der Waals surface area (Å²) < 4.78 is 21.9. The fourth-order valence-corrected chi connectivity index (χ4v) is 5.27. The van der Waals surface area contributed by atoms with E-state index in [4.69, 9.17) is 18.9 Å². The third-order valence-corrected chi connectivity index (χ3v) is 8.63. The van der Waals surface area contributed by atoms with Crippen LogP contribution >= 0.6 is 31.9 Å². The number of carbonyl (C=O) groups excluding carboxylic acids is 2. The number of rotatable bonds is 24. The summed E-state index contributed by atoms with van der Waals surface area (Å²) >= 11 is 6.35. The molecule has 1 rings (SSSR count). The quantitative estimate of drug-likeness (QED) is 0.0453. The SMILES string of the molecule is O=C(CCCC#CC=CCCCCCCC#CC=CBr)OCC(COC1OC(CO)C(O)C(O)C1O)OC(=O)CCCCCC#CC=CCCC=CC#CC=CBr. The van der Waals surface area contributed by atoms with Gasteiger partial charge in [-0.05, 0) is 91.7 Å². The lowest BCUT2D eigenvalue weighted by Crippen LogP contribution is -2.59. The number of halogens is 2. The van der Waals surface area contributed by atoms with Gasteiger partial charge in [0, 0.05) is 32.1 Å². The summed E-state index contributed by atoms with van der Waals surface area (Å²) in [6.45, 7) is -1.27. The van der Waals surface area contributed by atoms with E-state index in [0.29, 0.717) is 25.7 Å². The molecule has 6 unspecified atom stereocenters. The lowest BCUT2D eigenvalue weighted by atomic mass is 9.99. The zero-order valence-electron chi connectivity index (χ0n) is 32.7. The second-order valence-electron chi connectivity index (χ2n) is 12.8. The van der Waals surface area contributed by atoms with E-state index in [9.17, 15) is 30.0 Å². The van der Waals surface area contributed by atoms with Gasteiger partial charge < -0.3 is 39.4 Å². The van der Waals surface area contributed by atoms with Crippen molar-refractivity contribution in [3.05, 3.63) is 58.6 Å². The minimum atomic E-state index is -1.63. The maximum atomic E-state index is 12.7. The van der Waals surface area contributed by atoms with Gasteiger partial charge in [-0.15, -0.1) is 0 Å². The van der Waals surface area contributed by atoms with Crippen LogP contribution < -0.4 is 0 Å². The van der Waals surface area contributed by atoms with Crippen LogP contribution in [0.5, 0.6) is 0 Å². The molecule has 0 aliphatic carbocycles. The van der Waals surface area contributed by atoms with Crippen molar-refractivity contribution in [1.82, 2.24) is 0 Å². The van der Waals surface area contributed by atoms with E-state index in [1.807, 2.05) is 30.4 Å². The molecule has 1 aliphatic rings. The Kier molecular flexibility index (Phi) is 33.4. The lowest BCUT2D eigenvalue weighted by molar-refractivity contribution is -0.305. The molecule has 57 heavy (non-hydrogen) atoms. The molecule has 0 bridgehead atoms. The fourth-order valence-electron chi connectivity index (χ4n) is 5.01. The molecule has 0 saturated carbocycles. The molecule has 6 atom stereocenters. The summed E-state index contributed by atoms with van der Waals surface area (Å²) in [6.07, 6.45) is 18.8. The number of unbranched alkanes of at least 4 members (excludes halogenated alkanes) is 10. The Morgan fingerprint density at radius 2 is 1.16 bits per heavy atom. The van der Waals surface area contributed by atoms with Gasteiger partial charge in [-0.3, -0.25) is 9.59 Å². The van der Waals surface area contributed by atoms with Crippen LogP contribution in [0.4, 0.5) is 0 Å². The highest BCUT2D eigenvalue weighted by Gasteiger charge is 2.44. The number of ether oxygens (including phenoxy) is 4. The largest absolute Gasteiger partial charge is 0.462 e. The van der Waals surface area contributed by atoms with Gasteiger partial charge in [0.05, 0.1) is 13.2 Å². The molecular formula is C45H58Br2O10. The third-order valence-electron chi connectivity index (χ3n) is 8.10. The van der Waals surface area contributed by atoms with Crippen LogP contribution in [0.3, 0.4) is 0 Å². The molecule has 0 radical (unpaired) electrons. The van der Waals surface area contributed by atoms with Gasteiger partial charge in [0.2, 0.25) is 0 Å². The van der Waals surface area contributed by atoms with Crippen LogP contribution in [0.25, 0.3) is 0 Å². The normalized spacial score (nSPS) is 19.7. The van der Waals surface area contributed by atoms with Gasteiger partial charge in [0.15, 0.2) is 12.4 Å². The molecule has 0 aromatic carbocycles. The number of esters is 2. The second kappa shape index (κ2) is 36.9. The van der Waals surface area contributed by atoms with Crippen molar-refractivity contribution in [1.29, 1.82) is 0 Å². The molecule has 0 aromatic heterocycles. The number of allylic oxidation sites excluding steroid dienone is 8. The van der Waals surface area contributed by atoms with Gasteiger partial charge in [0.1, 0.15) is 31.0 Å². The Morgan fingerprint density at radius 1 is 0.614 bits per heavy atom. The maximum Gasteiger partial charge on any atom is 0.306 e. The molecule has 0 aromatic rings. The summed E-state index contributed by atoms with van der Waals surface area (Å²) in [5.74, 6) is 22.9. The first kappa shape index (κ1) is 51.6. The summed E-state index contributed by atoms with van der Waals surface area (Å²) in [6, 6.07) is 0. The van der Waals surface area contributed by atoms with Crippen molar-refractivity contribution < 1.29 is 49.0 Å². The highest BCUT2D eigenvalue weighted by atomic mass is 79.9. The first-order valence-corrected chi connectivity index (χ1v) is 21.4. The standard InChI is InChI=1S/C45H58Br2O10/c46-33-29-25-21-17-13-9-5-1-3-7-11-15-19-23-27-31-40(49)54-36-38(37-55-45-44(53)43(52)42(51)39(35-48)57-45)56-41(50)32-28-24-20-16-12-8-4-2-6-10-14-18-22-26-30-34-47/h2,4,7,11,14,18,29-30,33-34,38-39,42-45,48,51-53H,1,3,5-6,9-10,13,16-17,20,23-24,27-28,31-32,35-37H2. The Labute approximate surface area is 356 Å². The highest BCUT2D eigenvalue weighted by molar-refractivity contribution is 9.11. The molecule has 0 amide bonds. The predicted molar refractivity (Wildman–Crippen MR) is 229 cm³/mol. The van der Waals surface area contributed by atoms with Crippen molar-refractivity contribution in [2.24, 2.45) is 0 Å². The van der Waals surface area contributed by atoms with Crippen LogP contribution in [0, 0.1) is 47.4 Å². The summed E-state index contributed by atoms with van der Waals surface area (Å²) in [5.41, 5.74) is 0. The van der Waals surface area contributed by atoms with Crippen LogP contribution in [-0.2, 0) is 28.5 Å². The van der Waals surface area contributed by atoms with E-state index >= 15 is 0 Å². The molecule has 312 valence electrons. The Morgan fingerprint density at radius 3 is 1.82 bits per heavy atom. The van der Waals surface area contributed by atoms with Gasteiger partial charge in [0.25, 0.3) is 0 Å². The van der Waals surface area contributed by atoms with E-state index in [1.165, 1.54) is 0 Å². The molecule has 0 spiro atoms. The first-order chi connectivity index (χ1) is 27.8. The zero-order valence-corrected chi connectivity index (χ0v) is 35.8. The fraction of sp³-hybridized carbons (Fsp3) is 0.556. The smallest absolute Gasteiger partial charge is 0.306 e. The van der Waals surface area contributed by atoms with Crippen molar-refractivity contribution in [3.63, 3.8) is 0 Å². The molecule has 10 nitrogen and oxygen atoms in total. The topological polar surface area (TPSA) is 152 Å². The number of hydrogen-bond acceptors (Lipinski definition) is 10. The third kappa shape index (κ3) is 28.6. The van der Waals surface area contributed by atoms with Gasteiger partial charge in [-0.25, -0.2) is 0 Å². The molecule has 1 saturated heterocycles. The lowest BCUT2D eigenvalue weighted by Gasteiger charge is -2.39. The summed E-state index contributed by atoms with van der Waals surface area (Å²) in [7, 11) is 0.